The number of nitrogens with zero attached hydrogens (tertiary/aromatic N) is 2. The summed E-state index contributed by atoms with van der Waals surface area (Å²) in [6.07, 6.45) is 5.34. The van der Waals surface area contributed by atoms with Crippen LogP contribution < -0.4 is 0 Å². The number of hydrogen-bond acceptors (Lipinski definition) is 3. The molecule has 0 aliphatic carbocycles. The molecule has 0 N–H and O–H groups in total. The third kappa shape index (κ3) is 3.73. The summed E-state index contributed by atoms with van der Waals surface area (Å²) in [5, 5.41) is 1.89. The van der Waals surface area contributed by atoms with Crippen LogP contribution in [0.3, 0.4) is 0 Å². The van der Waals surface area contributed by atoms with Crippen LogP contribution in [0.1, 0.15) is 35.4 Å². The predicted molar refractivity (Wildman–Crippen MR) is 85.4 cm³/mol. The van der Waals surface area contributed by atoms with Crippen molar-refractivity contribution in [3.05, 3.63) is 35.0 Å². The molecule has 0 unspecified atom stereocenters. The van der Waals surface area contributed by atoms with Gasteiger partial charge in [0.15, 0.2) is 0 Å². The Bertz CT molecular complexity index is 498. The molecule has 4 nitrogen and oxygen atoms in total. The lowest BCUT2D eigenvalue weighted by atomic mass is 10.2. The second-order valence-corrected chi connectivity index (χ2v) is 6.27. The minimum Gasteiger partial charge on any atom is -0.344 e. The molecule has 1 aromatic heterocycles. The number of unbranched alkanes of at least 4 members (excludes halogenated alkanes) is 1. The zero-order valence-corrected chi connectivity index (χ0v) is 13.3. The van der Waals surface area contributed by atoms with Gasteiger partial charge < -0.3 is 9.80 Å². The second-order valence-electron chi connectivity index (χ2n) is 5.32. The maximum Gasteiger partial charge on any atom is 0.264 e. The van der Waals surface area contributed by atoms with E-state index in [0.717, 1.165) is 25.7 Å². The van der Waals surface area contributed by atoms with Gasteiger partial charge in [0.1, 0.15) is 6.04 Å². The first-order valence-corrected chi connectivity index (χ1v) is 8.23. The molecule has 1 aromatic rings. The summed E-state index contributed by atoms with van der Waals surface area (Å²) in [5.41, 5.74) is 0. The zero-order chi connectivity index (χ0) is 15.2. The van der Waals surface area contributed by atoms with Crippen molar-refractivity contribution in [2.45, 2.75) is 31.7 Å². The molecule has 1 atom stereocenters. The minimum absolute atomic E-state index is 0.0136. The molecule has 0 aromatic carbocycles. The molecule has 2 heterocycles. The van der Waals surface area contributed by atoms with Gasteiger partial charge >= 0.3 is 0 Å². The van der Waals surface area contributed by atoms with Crippen LogP contribution in [0.5, 0.6) is 0 Å². The van der Waals surface area contributed by atoms with E-state index in [1.807, 2.05) is 30.6 Å². The van der Waals surface area contributed by atoms with Crippen molar-refractivity contribution < 1.29 is 9.59 Å². The van der Waals surface area contributed by atoms with Crippen LogP contribution in [-0.4, -0.2) is 47.8 Å². The van der Waals surface area contributed by atoms with E-state index in [1.54, 1.807) is 9.80 Å². The Morgan fingerprint density at radius 3 is 3.05 bits per heavy atom. The fraction of sp³-hybridized carbons (Fsp3) is 0.500. The lowest BCUT2D eigenvalue weighted by Gasteiger charge is -2.27. The summed E-state index contributed by atoms with van der Waals surface area (Å²) in [4.78, 5) is 29.2. The largest absolute Gasteiger partial charge is 0.344 e. The van der Waals surface area contributed by atoms with Crippen LogP contribution in [-0.2, 0) is 4.79 Å². The highest BCUT2D eigenvalue weighted by Crippen LogP contribution is 2.23. The first-order valence-electron chi connectivity index (χ1n) is 7.35. The fourth-order valence-corrected chi connectivity index (χ4v) is 3.32. The topological polar surface area (TPSA) is 40.6 Å². The number of thiophene rings is 1. The Balaban J connectivity index is 1.99. The molecule has 1 aliphatic heterocycles. The third-order valence-corrected chi connectivity index (χ3v) is 4.67. The molecule has 114 valence electrons. The molecular weight excluding hydrogens is 284 g/mol. The van der Waals surface area contributed by atoms with E-state index in [1.165, 1.54) is 11.3 Å². The molecule has 0 spiro atoms. The molecule has 0 saturated carbocycles. The lowest BCUT2D eigenvalue weighted by Crippen LogP contribution is -2.46. The maximum absolute atomic E-state index is 12.5. The summed E-state index contributed by atoms with van der Waals surface area (Å²) in [6, 6.07) is 3.39. The number of allylic oxidation sites excluding steroid dienone is 1. The molecular formula is C16H22N2O2S. The maximum atomic E-state index is 12.5. The first-order chi connectivity index (χ1) is 10.1. The summed E-state index contributed by atoms with van der Waals surface area (Å²) in [7, 11) is 1.82. The predicted octanol–water partition coefficient (Wildman–Crippen LogP) is 2.78. The smallest absolute Gasteiger partial charge is 0.264 e. The molecule has 5 heteroatoms. The number of likely N-dealkylation sites (tertiary alicyclic amines) is 1. The van der Waals surface area contributed by atoms with Gasteiger partial charge in [0.05, 0.1) is 4.88 Å². The third-order valence-electron chi connectivity index (χ3n) is 3.81. The summed E-state index contributed by atoms with van der Waals surface area (Å²) < 4.78 is 0. The van der Waals surface area contributed by atoms with Crippen LogP contribution in [0.15, 0.2) is 30.2 Å². The van der Waals surface area contributed by atoms with E-state index in [9.17, 15) is 9.59 Å². The molecule has 21 heavy (non-hydrogen) atoms. The lowest BCUT2D eigenvalue weighted by molar-refractivity contribution is -0.134. The first kappa shape index (κ1) is 15.8. The highest BCUT2D eigenvalue weighted by atomic mass is 32.1. The molecule has 1 aliphatic rings. The van der Waals surface area contributed by atoms with Crippen molar-refractivity contribution in [3.63, 3.8) is 0 Å². The fourth-order valence-electron chi connectivity index (χ4n) is 2.65. The zero-order valence-electron chi connectivity index (χ0n) is 12.5. The molecule has 2 rings (SSSR count). The molecule has 0 bridgehead atoms. The Hall–Kier alpha value is -1.62. The van der Waals surface area contributed by atoms with Crippen molar-refractivity contribution in [2.24, 2.45) is 0 Å². The van der Waals surface area contributed by atoms with E-state index in [-0.39, 0.29) is 17.9 Å². The van der Waals surface area contributed by atoms with Gasteiger partial charge in [-0.05, 0) is 37.1 Å². The van der Waals surface area contributed by atoms with Gasteiger partial charge in [-0.1, -0.05) is 12.1 Å². The molecule has 1 fully saturated rings. The number of amides is 2. The second kappa shape index (κ2) is 7.41. The van der Waals surface area contributed by atoms with Crippen LogP contribution in [0.2, 0.25) is 0 Å². The van der Waals surface area contributed by atoms with E-state index < -0.39 is 0 Å². The van der Waals surface area contributed by atoms with E-state index in [0.29, 0.717) is 18.0 Å². The molecule has 1 saturated heterocycles. The van der Waals surface area contributed by atoms with Gasteiger partial charge in [-0.15, -0.1) is 17.9 Å². The van der Waals surface area contributed by atoms with Gasteiger partial charge in [0, 0.05) is 20.1 Å². The van der Waals surface area contributed by atoms with Crippen molar-refractivity contribution in [1.29, 1.82) is 0 Å². The average Bonchev–Trinajstić information content (AvgIpc) is 3.17. The van der Waals surface area contributed by atoms with Gasteiger partial charge in [-0.3, -0.25) is 9.59 Å². The van der Waals surface area contributed by atoms with E-state index >= 15 is 0 Å². The standard InChI is InChI=1S/C16H22N2O2S/c1-3-4-5-10-17(2)15(19)13-8-6-11-18(13)16(20)14-9-7-12-21-14/h3,7,9,12-13H,1,4-6,8,10-11H2,2H3/t13-/m0/s1. The average molecular weight is 306 g/mol. The number of hydrogen-bond donors (Lipinski definition) is 0. The van der Waals surface area contributed by atoms with Crippen LogP contribution in [0.25, 0.3) is 0 Å². The van der Waals surface area contributed by atoms with E-state index in [4.69, 9.17) is 0 Å². The van der Waals surface area contributed by atoms with Gasteiger partial charge in [0.25, 0.3) is 5.91 Å². The molecule has 2 amide bonds. The Labute approximate surface area is 130 Å². The SMILES string of the molecule is C=CCCCN(C)C(=O)[C@@H]1CCCN1C(=O)c1cccs1. The summed E-state index contributed by atoms with van der Waals surface area (Å²) in [6.45, 7) is 5.07. The minimum atomic E-state index is -0.298. The Morgan fingerprint density at radius 1 is 1.57 bits per heavy atom. The van der Waals surface area contributed by atoms with Gasteiger partial charge in [-0.25, -0.2) is 0 Å². The van der Waals surface area contributed by atoms with E-state index in [2.05, 4.69) is 6.58 Å². The summed E-state index contributed by atoms with van der Waals surface area (Å²) >= 11 is 1.43. The quantitative estimate of drug-likeness (QED) is 0.599. The van der Waals surface area contributed by atoms with Crippen molar-refractivity contribution in [3.8, 4) is 0 Å². The summed E-state index contributed by atoms with van der Waals surface area (Å²) in [5.74, 6) is 0.0433. The van der Waals surface area contributed by atoms with Crippen LogP contribution in [0.4, 0.5) is 0 Å². The van der Waals surface area contributed by atoms with Crippen molar-refractivity contribution in [1.82, 2.24) is 9.80 Å². The highest BCUT2D eigenvalue weighted by molar-refractivity contribution is 7.12. The number of rotatable bonds is 6. The normalized spacial score (nSPS) is 17.8. The number of carbonyl (C=O) groups excluding carboxylic acids is 2. The number of likely N-dealkylation sites (N-methyl/N-ethyl adjacent to an activating group) is 1. The monoisotopic (exact) mass is 306 g/mol. The van der Waals surface area contributed by atoms with Crippen molar-refractivity contribution >= 4 is 23.2 Å². The van der Waals surface area contributed by atoms with Crippen LogP contribution in [0, 0.1) is 0 Å². The van der Waals surface area contributed by atoms with Gasteiger partial charge in [0.2, 0.25) is 5.91 Å². The molecule has 0 radical (unpaired) electrons. The number of carbonyl (C=O) groups is 2. The Kier molecular flexibility index (Phi) is 5.56. The Morgan fingerprint density at radius 2 is 2.38 bits per heavy atom. The van der Waals surface area contributed by atoms with Crippen molar-refractivity contribution in [2.75, 3.05) is 20.1 Å². The van der Waals surface area contributed by atoms with Crippen LogP contribution >= 0.6 is 11.3 Å². The highest BCUT2D eigenvalue weighted by Gasteiger charge is 2.36. The van der Waals surface area contributed by atoms with Gasteiger partial charge in [-0.2, -0.15) is 0 Å².